The SMILES string of the molecule is Clc1ccc(C2CC=N[N+]2(c2ccc(Cl)cc2Cl)N2CCCCC2)cc1. The third kappa shape index (κ3) is 3.17. The molecular weight excluding hydrogens is 389 g/mol. The van der Waals surface area contributed by atoms with Gasteiger partial charge in [-0.15, -0.1) is 5.01 Å². The number of quaternary nitrogens is 1. The molecule has 0 saturated carbocycles. The minimum Gasteiger partial charge on any atom is -0.123 e. The largest absolute Gasteiger partial charge is 0.198 e. The van der Waals surface area contributed by atoms with E-state index in [0.717, 1.165) is 30.2 Å². The molecule has 26 heavy (non-hydrogen) atoms. The molecule has 2 aliphatic rings. The summed E-state index contributed by atoms with van der Waals surface area (Å²) in [6.45, 7) is 2.00. The quantitative estimate of drug-likeness (QED) is 0.529. The zero-order chi connectivity index (χ0) is 18.1. The Morgan fingerprint density at radius 1 is 0.885 bits per heavy atom. The molecule has 1 saturated heterocycles. The summed E-state index contributed by atoms with van der Waals surface area (Å²) >= 11 is 19.0. The predicted molar refractivity (Wildman–Crippen MR) is 111 cm³/mol. The summed E-state index contributed by atoms with van der Waals surface area (Å²) < 4.78 is 0.387. The van der Waals surface area contributed by atoms with E-state index in [9.17, 15) is 0 Å². The van der Waals surface area contributed by atoms with Crippen molar-refractivity contribution in [3.8, 4) is 0 Å². The highest BCUT2D eigenvalue weighted by Gasteiger charge is 2.51. The van der Waals surface area contributed by atoms with Gasteiger partial charge in [0.25, 0.3) is 0 Å². The van der Waals surface area contributed by atoms with E-state index in [1.54, 1.807) is 0 Å². The second kappa shape index (κ2) is 7.49. The van der Waals surface area contributed by atoms with Crippen molar-refractivity contribution >= 4 is 46.7 Å². The van der Waals surface area contributed by atoms with Crippen LogP contribution in [0.15, 0.2) is 47.6 Å². The number of benzene rings is 2. The Morgan fingerprint density at radius 3 is 2.27 bits per heavy atom. The lowest BCUT2D eigenvalue weighted by Gasteiger charge is -2.44. The first-order valence-electron chi connectivity index (χ1n) is 9.00. The monoisotopic (exact) mass is 408 g/mol. The molecular formula is C20H21Cl3N3+. The second-order valence-corrected chi connectivity index (χ2v) is 8.14. The molecule has 136 valence electrons. The van der Waals surface area contributed by atoms with Crippen LogP contribution in [0.2, 0.25) is 15.1 Å². The van der Waals surface area contributed by atoms with Gasteiger partial charge in [0.05, 0.1) is 19.3 Å². The van der Waals surface area contributed by atoms with Gasteiger partial charge in [-0.25, -0.2) is 0 Å². The molecule has 0 amide bonds. The average molecular weight is 410 g/mol. The fraction of sp³-hybridized carbons (Fsp3) is 0.350. The lowest BCUT2D eigenvalue weighted by atomic mass is 10.0. The summed E-state index contributed by atoms with van der Waals surface area (Å²) in [4.78, 5) is 0. The Labute approximate surface area is 169 Å². The molecule has 4 rings (SSSR count). The molecule has 2 aromatic rings. The van der Waals surface area contributed by atoms with E-state index in [-0.39, 0.29) is 6.04 Å². The first-order valence-corrected chi connectivity index (χ1v) is 10.1. The van der Waals surface area contributed by atoms with Crippen LogP contribution in [0.4, 0.5) is 5.69 Å². The van der Waals surface area contributed by atoms with E-state index in [4.69, 9.17) is 39.9 Å². The molecule has 0 bridgehead atoms. The van der Waals surface area contributed by atoms with Gasteiger partial charge in [-0.1, -0.05) is 63.2 Å². The molecule has 0 aromatic heterocycles. The van der Waals surface area contributed by atoms with Crippen molar-refractivity contribution in [2.75, 3.05) is 13.1 Å². The Morgan fingerprint density at radius 2 is 1.58 bits per heavy atom. The zero-order valence-electron chi connectivity index (χ0n) is 14.4. The average Bonchev–Trinajstić information content (AvgIpc) is 3.09. The van der Waals surface area contributed by atoms with Crippen LogP contribution < -0.4 is 4.70 Å². The van der Waals surface area contributed by atoms with Crippen LogP contribution in [0.3, 0.4) is 0 Å². The Hall–Kier alpha value is -1.10. The van der Waals surface area contributed by atoms with E-state index in [2.05, 4.69) is 17.1 Å². The van der Waals surface area contributed by atoms with Crippen molar-refractivity contribution in [3.05, 3.63) is 63.1 Å². The van der Waals surface area contributed by atoms with Gasteiger partial charge in [-0.3, -0.25) is 0 Å². The first kappa shape index (κ1) is 18.3. The van der Waals surface area contributed by atoms with E-state index in [1.807, 2.05) is 36.5 Å². The molecule has 0 radical (unpaired) electrons. The number of halogens is 3. The van der Waals surface area contributed by atoms with Crippen molar-refractivity contribution in [3.63, 3.8) is 0 Å². The second-order valence-electron chi connectivity index (χ2n) is 6.86. The van der Waals surface area contributed by atoms with E-state index in [1.165, 1.54) is 24.8 Å². The lowest BCUT2D eigenvalue weighted by Crippen LogP contribution is -2.59. The number of nitrogens with zero attached hydrogens (tertiary/aromatic N) is 3. The highest BCUT2D eigenvalue weighted by Crippen LogP contribution is 2.47. The first-order chi connectivity index (χ1) is 12.6. The minimum atomic E-state index is 0.143. The molecule has 2 atom stereocenters. The smallest absolute Gasteiger partial charge is 0.123 e. The number of hydrogen-bond donors (Lipinski definition) is 0. The van der Waals surface area contributed by atoms with Crippen LogP contribution in [-0.2, 0) is 0 Å². The van der Waals surface area contributed by atoms with Crippen molar-refractivity contribution in [1.82, 2.24) is 9.71 Å². The summed E-state index contributed by atoms with van der Waals surface area (Å²) in [6.07, 6.45) is 6.50. The predicted octanol–water partition coefficient (Wildman–Crippen LogP) is 6.49. The Kier molecular flexibility index (Phi) is 5.27. The standard InChI is InChI=1S/C20H21Cl3N3/c21-16-6-4-15(5-7-16)19-10-11-24-26(19,25-12-2-1-3-13-25)20-9-8-17(22)14-18(20)23/h4-9,11,14,19H,1-3,10,12-13H2/q+1. The number of rotatable bonds is 3. The van der Waals surface area contributed by atoms with Gasteiger partial charge < -0.3 is 0 Å². The van der Waals surface area contributed by atoms with Crippen LogP contribution in [0.25, 0.3) is 0 Å². The van der Waals surface area contributed by atoms with Gasteiger partial charge in [0.15, 0.2) is 11.7 Å². The topological polar surface area (TPSA) is 15.6 Å². The molecule has 2 unspecified atom stereocenters. The molecule has 2 heterocycles. The van der Waals surface area contributed by atoms with Crippen molar-refractivity contribution < 1.29 is 0 Å². The maximum atomic E-state index is 6.67. The van der Waals surface area contributed by atoms with Crippen molar-refractivity contribution in [1.29, 1.82) is 0 Å². The number of piperidine rings is 1. The summed E-state index contributed by atoms with van der Waals surface area (Å²) in [5.74, 6) is 0. The molecule has 2 aliphatic heterocycles. The Bertz CT molecular complexity index is 816. The van der Waals surface area contributed by atoms with Crippen molar-refractivity contribution in [2.45, 2.75) is 31.7 Å². The van der Waals surface area contributed by atoms with Crippen LogP contribution in [-0.4, -0.2) is 24.3 Å². The lowest BCUT2D eigenvalue weighted by molar-refractivity contribution is -0.0539. The zero-order valence-corrected chi connectivity index (χ0v) is 16.7. The summed E-state index contributed by atoms with van der Waals surface area (Å²) in [7, 11) is 0. The highest BCUT2D eigenvalue weighted by molar-refractivity contribution is 6.36. The molecule has 6 heteroatoms. The fourth-order valence-electron chi connectivity index (χ4n) is 4.11. The van der Waals surface area contributed by atoms with Gasteiger partial charge in [0, 0.05) is 28.1 Å². The molecule has 0 N–H and O–H groups in total. The summed E-state index contributed by atoms with van der Waals surface area (Å²) in [5, 5.41) is 9.49. The normalized spacial score (nSPS) is 26.3. The van der Waals surface area contributed by atoms with Gasteiger partial charge in [0.2, 0.25) is 0 Å². The maximum Gasteiger partial charge on any atom is 0.198 e. The highest BCUT2D eigenvalue weighted by atomic mass is 35.5. The third-order valence-electron chi connectivity index (χ3n) is 5.30. The van der Waals surface area contributed by atoms with E-state index in [0.29, 0.717) is 14.7 Å². The van der Waals surface area contributed by atoms with Gasteiger partial charge in [-0.05, 0) is 37.1 Å². The van der Waals surface area contributed by atoms with Crippen LogP contribution >= 0.6 is 34.8 Å². The van der Waals surface area contributed by atoms with Gasteiger partial charge in [-0.2, -0.15) is 0 Å². The minimum absolute atomic E-state index is 0.143. The molecule has 0 spiro atoms. The van der Waals surface area contributed by atoms with E-state index < -0.39 is 0 Å². The van der Waals surface area contributed by atoms with Gasteiger partial charge in [0.1, 0.15) is 5.02 Å². The van der Waals surface area contributed by atoms with Crippen molar-refractivity contribution in [2.24, 2.45) is 5.10 Å². The molecule has 3 nitrogen and oxygen atoms in total. The fourth-order valence-corrected chi connectivity index (χ4v) is 4.77. The van der Waals surface area contributed by atoms with E-state index >= 15 is 0 Å². The van der Waals surface area contributed by atoms with Crippen LogP contribution in [0, 0.1) is 0 Å². The molecule has 1 fully saturated rings. The Balaban J connectivity index is 1.86. The summed E-state index contributed by atoms with van der Waals surface area (Å²) in [6, 6.07) is 14.0. The van der Waals surface area contributed by atoms with Crippen LogP contribution in [0.5, 0.6) is 0 Å². The van der Waals surface area contributed by atoms with Crippen LogP contribution in [0.1, 0.15) is 37.3 Å². The number of hydrogen-bond acceptors (Lipinski definition) is 2. The molecule has 0 aliphatic carbocycles. The summed E-state index contributed by atoms with van der Waals surface area (Å²) in [5.41, 5.74) is 2.19. The maximum absolute atomic E-state index is 6.67. The van der Waals surface area contributed by atoms with Gasteiger partial charge >= 0.3 is 0 Å². The molecule has 2 aromatic carbocycles. The third-order valence-corrected chi connectivity index (χ3v) is 6.09.